The highest BCUT2D eigenvalue weighted by molar-refractivity contribution is 6.30. The molecule has 23 heavy (non-hydrogen) atoms. The second-order valence-electron chi connectivity index (χ2n) is 5.22. The zero-order valence-corrected chi connectivity index (χ0v) is 13.9. The molecule has 0 saturated carbocycles. The fraction of sp³-hybridized carbons (Fsp3) is 0.294. The molecule has 1 atom stereocenters. The Kier molecular flexibility index (Phi) is 5.11. The number of halogens is 1. The van der Waals surface area contributed by atoms with Crippen LogP contribution in [0.4, 0.5) is 0 Å². The number of rotatable bonds is 4. The Labute approximate surface area is 139 Å². The fourth-order valence-electron chi connectivity index (χ4n) is 2.78. The molecule has 6 heteroatoms. The van der Waals surface area contributed by atoms with Gasteiger partial charge in [-0.3, -0.25) is 0 Å². The summed E-state index contributed by atoms with van der Waals surface area (Å²) in [6.45, 7) is 5.32. The van der Waals surface area contributed by atoms with E-state index in [2.05, 4.69) is 5.32 Å². The van der Waals surface area contributed by atoms with Gasteiger partial charge in [-0.15, -0.1) is 0 Å². The quantitative estimate of drug-likeness (QED) is 0.826. The Hall–Kier alpha value is -2.27. The Morgan fingerprint density at radius 1 is 1.26 bits per heavy atom. The molecule has 0 amide bonds. The van der Waals surface area contributed by atoms with Crippen molar-refractivity contribution in [1.29, 1.82) is 0 Å². The van der Waals surface area contributed by atoms with Gasteiger partial charge in [0.1, 0.15) is 0 Å². The van der Waals surface area contributed by atoms with Gasteiger partial charge in [-0.05, 0) is 38.5 Å². The lowest BCUT2D eigenvalue weighted by molar-refractivity contribution is -0.138. The fourth-order valence-corrected chi connectivity index (χ4v) is 2.98. The molecular weight excluding hydrogens is 318 g/mol. The van der Waals surface area contributed by atoms with Crippen molar-refractivity contribution >= 4 is 23.5 Å². The molecule has 1 heterocycles. The van der Waals surface area contributed by atoms with E-state index in [4.69, 9.17) is 16.3 Å². The molecule has 1 aromatic rings. The predicted molar refractivity (Wildman–Crippen MR) is 87.0 cm³/mol. The molecule has 1 aromatic carbocycles. The maximum atomic E-state index is 12.4. The molecule has 1 aliphatic rings. The van der Waals surface area contributed by atoms with Crippen LogP contribution in [0.15, 0.2) is 46.8 Å². The number of esters is 1. The van der Waals surface area contributed by atoms with Crippen LogP contribution in [0.1, 0.15) is 32.3 Å². The molecule has 0 saturated heterocycles. The zero-order chi connectivity index (χ0) is 17.1. The highest BCUT2D eigenvalue weighted by Crippen LogP contribution is 2.39. The highest BCUT2D eigenvalue weighted by atomic mass is 35.5. The van der Waals surface area contributed by atoms with Crippen molar-refractivity contribution < 1.29 is 19.4 Å². The second kappa shape index (κ2) is 6.87. The van der Waals surface area contributed by atoms with Crippen molar-refractivity contribution in [3.63, 3.8) is 0 Å². The number of benzene rings is 1. The van der Waals surface area contributed by atoms with Gasteiger partial charge in [0, 0.05) is 16.4 Å². The molecule has 2 N–H and O–H groups in total. The number of carbonyl (C=O) groups is 2. The summed E-state index contributed by atoms with van der Waals surface area (Å²) in [5.41, 5.74) is 2.11. The Bertz CT molecular complexity index is 721. The van der Waals surface area contributed by atoms with Crippen molar-refractivity contribution in [2.24, 2.45) is 0 Å². The lowest BCUT2D eigenvalue weighted by Gasteiger charge is -2.29. The summed E-state index contributed by atoms with van der Waals surface area (Å²) in [5.74, 6) is -2.35. The van der Waals surface area contributed by atoms with E-state index in [0.717, 1.165) is 0 Å². The van der Waals surface area contributed by atoms with Crippen LogP contribution in [0.3, 0.4) is 0 Å². The summed E-state index contributed by atoms with van der Waals surface area (Å²) < 4.78 is 5.11. The molecule has 2 rings (SSSR count). The van der Waals surface area contributed by atoms with Crippen LogP contribution < -0.4 is 5.32 Å². The van der Waals surface area contributed by atoms with Crippen molar-refractivity contribution in [3.05, 3.63) is 57.4 Å². The number of aliphatic carboxylic acids is 1. The van der Waals surface area contributed by atoms with Crippen molar-refractivity contribution in [1.82, 2.24) is 5.32 Å². The first-order valence-electron chi connectivity index (χ1n) is 7.21. The molecule has 0 spiro atoms. The predicted octanol–water partition coefficient (Wildman–Crippen LogP) is 3.22. The number of carbonyl (C=O) groups excluding carboxylic acids is 1. The van der Waals surface area contributed by atoms with E-state index in [1.54, 1.807) is 45.0 Å². The number of allylic oxidation sites excluding steroid dienone is 2. The summed E-state index contributed by atoms with van der Waals surface area (Å²) in [5, 5.41) is 13.1. The van der Waals surface area contributed by atoms with Crippen LogP contribution in [0.5, 0.6) is 0 Å². The average Bonchev–Trinajstić information content (AvgIpc) is 2.46. The third-order valence-electron chi connectivity index (χ3n) is 3.67. The van der Waals surface area contributed by atoms with Crippen LogP contribution in [0, 0.1) is 0 Å². The lowest BCUT2D eigenvalue weighted by Crippen LogP contribution is -2.31. The Balaban J connectivity index is 2.65. The topological polar surface area (TPSA) is 75.6 Å². The number of carboxylic acid groups (broad SMARTS) is 1. The summed E-state index contributed by atoms with van der Waals surface area (Å²) in [7, 11) is 0. The lowest BCUT2D eigenvalue weighted by atomic mass is 9.80. The number of hydrogen-bond acceptors (Lipinski definition) is 4. The number of dihydropyridines is 1. The van der Waals surface area contributed by atoms with Gasteiger partial charge in [-0.25, -0.2) is 9.59 Å². The van der Waals surface area contributed by atoms with Gasteiger partial charge in [0.25, 0.3) is 0 Å². The van der Waals surface area contributed by atoms with E-state index in [1.165, 1.54) is 0 Å². The van der Waals surface area contributed by atoms with Crippen LogP contribution in [0.25, 0.3) is 0 Å². The first-order valence-corrected chi connectivity index (χ1v) is 7.59. The Morgan fingerprint density at radius 2 is 1.91 bits per heavy atom. The van der Waals surface area contributed by atoms with Crippen molar-refractivity contribution in [2.75, 3.05) is 6.61 Å². The molecule has 0 unspecified atom stereocenters. The normalized spacial score (nSPS) is 17.8. The summed E-state index contributed by atoms with van der Waals surface area (Å²) >= 11 is 6.04. The largest absolute Gasteiger partial charge is 0.478 e. The van der Waals surface area contributed by atoms with Crippen LogP contribution in [0.2, 0.25) is 5.02 Å². The number of nitrogens with one attached hydrogen (secondary N) is 1. The smallest absolute Gasteiger partial charge is 0.336 e. The minimum Gasteiger partial charge on any atom is -0.478 e. The van der Waals surface area contributed by atoms with Crippen molar-refractivity contribution in [3.8, 4) is 0 Å². The van der Waals surface area contributed by atoms with Crippen LogP contribution in [-0.4, -0.2) is 23.7 Å². The molecule has 1 aliphatic heterocycles. The summed E-state index contributed by atoms with van der Waals surface area (Å²) in [6, 6.07) is 6.85. The number of hydrogen-bond donors (Lipinski definition) is 2. The maximum absolute atomic E-state index is 12.4. The monoisotopic (exact) mass is 335 g/mol. The van der Waals surface area contributed by atoms with Gasteiger partial charge in [-0.2, -0.15) is 0 Å². The molecule has 122 valence electrons. The van der Waals surface area contributed by atoms with E-state index in [1.807, 2.05) is 0 Å². The van der Waals surface area contributed by atoms with Crippen LogP contribution in [-0.2, 0) is 14.3 Å². The van der Waals surface area contributed by atoms with Gasteiger partial charge in [0.2, 0.25) is 0 Å². The van der Waals surface area contributed by atoms with E-state index in [0.29, 0.717) is 22.0 Å². The second-order valence-corrected chi connectivity index (χ2v) is 5.65. The first kappa shape index (κ1) is 17.1. The Morgan fingerprint density at radius 3 is 2.48 bits per heavy atom. The van der Waals surface area contributed by atoms with Gasteiger partial charge < -0.3 is 15.2 Å². The van der Waals surface area contributed by atoms with Gasteiger partial charge in [0.05, 0.1) is 23.7 Å². The number of ether oxygens (including phenoxy) is 1. The molecule has 0 fully saturated rings. The molecule has 0 aliphatic carbocycles. The standard InChI is InChI=1S/C17H18ClNO4/c1-4-23-17(22)14-10(3)19-9(2)13(16(20)21)15(14)11-6-5-7-12(18)8-11/h5-8,15,19H,4H2,1-3H3,(H,20,21)/t15-/m1/s1. The summed E-state index contributed by atoms with van der Waals surface area (Å²) in [6.07, 6.45) is 0. The molecule has 5 nitrogen and oxygen atoms in total. The average molecular weight is 336 g/mol. The number of carboxylic acids is 1. The molecule has 0 radical (unpaired) electrons. The van der Waals surface area contributed by atoms with E-state index < -0.39 is 17.9 Å². The third kappa shape index (κ3) is 3.40. The van der Waals surface area contributed by atoms with E-state index in [-0.39, 0.29) is 17.8 Å². The third-order valence-corrected chi connectivity index (χ3v) is 3.90. The summed E-state index contributed by atoms with van der Waals surface area (Å²) in [4.78, 5) is 24.1. The SMILES string of the molecule is CCOC(=O)C1=C(C)NC(C)=C(C(=O)O)[C@H]1c1cccc(Cl)c1. The molecular formula is C17H18ClNO4. The first-order chi connectivity index (χ1) is 10.9. The van der Waals surface area contributed by atoms with Crippen molar-refractivity contribution in [2.45, 2.75) is 26.7 Å². The maximum Gasteiger partial charge on any atom is 0.336 e. The van der Waals surface area contributed by atoms with Gasteiger partial charge >= 0.3 is 11.9 Å². The minimum atomic E-state index is -1.09. The highest BCUT2D eigenvalue weighted by Gasteiger charge is 2.37. The van der Waals surface area contributed by atoms with Gasteiger partial charge in [-0.1, -0.05) is 23.7 Å². The van der Waals surface area contributed by atoms with Crippen LogP contribution >= 0.6 is 11.6 Å². The molecule has 0 aromatic heterocycles. The van der Waals surface area contributed by atoms with E-state index >= 15 is 0 Å². The minimum absolute atomic E-state index is 0.112. The van der Waals surface area contributed by atoms with Gasteiger partial charge in [0.15, 0.2) is 0 Å². The molecule has 0 bridgehead atoms. The van der Waals surface area contributed by atoms with E-state index in [9.17, 15) is 14.7 Å². The zero-order valence-electron chi connectivity index (χ0n) is 13.1.